The first-order valence-electron chi connectivity index (χ1n) is 12.2. The average Bonchev–Trinajstić information content (AvgIpc) is 3.24. The molecule has 0 spiro atoms. The Kier molecular flexibility index (Phi) is 6.43. The van der Waals surface area contributed by atoms with E-state index in [9.17, 15) is 9.59 Å². The van der Waals surface area contributed by atoms with Gasteiger partial charge >= 0.3 is 0 Å². The number of fused-ring (bicyclic) bond motifs is 1. The third-order valence-corrected chi connectivity index (χ3v) is 6.94. The lowest BCUT2D eigenvalue weighted by Gasteiger charge is -2.27. The van der Waals surface area contributed by atoms with Crippen molar-refractivity contribution < 1.29 is 14.3 Å². The maximum absolute atomic E-state index is 13.3. The molecule has 1 unspecified atom stereocenters. The van der Waals surface area contributed by atoms with Gasteiger partial charge in [0, 0.05) is 65.1 Å². The molecule has 0 aliphatic carbocycles. The van der Waals surface area contributed by atoms with Crippen molar-refractivity contribution >= 4 is 11.6 Å². The Labute approximate surface area is 205 Å². The maximum atomic E-state index is 13.3. The van der Waals surface area contributed by atoms with Crippen LogP contribution >= 0.6 is 0 Å². The van der Waals surface area contributed by atoms with Crippen LogP contribution in [0.3, 0.4) is 0 Å². The number of carbonyl (C=O) groups is 1. The fraction of sp³-hybridized carbons (Fsp3) is 0.393. The van der Waals surface area contributed by atoms with Crippen molar-refractivity contribution in [2.45, 2.75) is 39.5 Å². The van der Waals surface area contributed by atoms with Crippen molar-refractivity contribution in [3.05, 3.63) is 74.8 Å². The number of anilines is 1. The molecular weight excluding hydrogens is 442 g/mol. The normalized spacial score (nSPS) is 17.2. The lowest BCUT2D eigenvalue weighted by Crippen LogP contribution is -2.36. The Hall–Kier alpha value is -3.45. The number of nitrogens with zero attached hydrogens (tertiary/aromatic N) is 2. The Bertz CT molecular complexity index is 1310. The zero-order chi connectivity index (χ0) is 24.5. The van der Waals surface area contributed by atoms with Crippen LogP contribution in [0.1, 0.15) is 52.0 Å². The minimum Gasteiger partial charge on any atom is -0.492 e. The minimum absolute atomic E-state index is 0.0189. The van der Waals surface area contributed by atoms with E-state index >= 15 is 0 Å². The molecule has 2 aliphatic rings. The van der Waals surface area contributed by atoms with E-state index in [0.29, 0.717) is 37.4 Å². The number of pyridine rings is 2. The highest BCUT2D eigenvalue weighted by Gasteiger charge is 2.26. The van der Waals surface area contributed by atoms with Crippen LogP contribution in [0, 0.1) is 13.8 Å². The summed E-state index contributed by atoms with van der Waals surface area (Å²) in [5.41, 5.74) is 5.81. The predicted molar refractivity (Wildman–Crippen MR) is 136 cm³/mol. The number of hydrogen-bond donors (Lipinski definition) is 1. The van der Waals surface area contributed by atoms with Crippen molar-refractivity contribution in [3.8, 4) is 16.9 Å². The fourth-order valence-corrected chi connectivity index (χ4v) is 4.95. The molecule has 1 aromatic carbocycles. The number of aryl methyl sites for hydroxylation is 2. The van der Waals surface area contributed by atoms with Gasteiger partial charge in [0.1, 0.15) is 11.6 Å². The number of benzene rings is 1. The van der Waals surface area contributed by atoms with Crippen LogP contribution < -0.4 is 15.2 Å². The minimum atomic E-state index is -0.113. The molecule has 0 bridgehead atoms. The van der Waals surface area contributed by atoms with Crippen LogP contribution in [-0.2, 0) is 11.2 Å². The van der Waals surface area contributed by atoms with E-state index in [0.717, 1.165) is 52.6 Å². The first-order valence-corrected chi connectivity index (χ1v) is 12.2. The van der Waals surface area contributed by atoms with Gasteiger partial charge in [0.2, 0.25) is 0 Å². The van der Waals surface area contributed by atoms with E-state index in [1.807, 2.05) is 50.4 Å². The number of H-pyrrole nitrogens is 1. The van der Waals surface area contributed by atoms with Crippen LogP contribution in [-0.4, -0.2) is 48.7 Å². The summed E-state index contributed by atoms with van der Waals surface area (Å²) in [6, 6.07) is 9.88. The molecule has 5 rings (SSSR count). The number of aromatic nitrogens is 2. The largest absolute Gasteiger partial charge is 0.492 e. The van der Waals surface area contributed by atoms with E-state index in [1.54, 1.807) is 0 Å². The second kappa shape index (κ2) is 9.66. The van der Waals surface area contributed by atoms with Crippen LogP contribution in [0.25, 0.3) is 11.1 Å². The van der Waals surface area contributed by atoms with Gasteiger partial charge in [-0.05, 0) is 56.2 Å². The summed E-state index contributed by atoms with van der Waals surface area (Å²) in [5, 5.41) is 0. The van der Waals surface area contributed by atoms with Crippen molar-refractivity contribution in [2.24, 2.45) is 0 Å². The third-order valence-electron chi connectivity index (χ3n) is 6.94. The van der Waals surface area contributed by atoms with Gasteiger partial charge in [-0.1, -0.05) is 6.92 Å². The molecule has 4 heterocycles. The average molecular weight is 474 g/mol. The standard InChI is InChI=1S/C28H31N3O4/c1-17-12-19(3)30-28(33)22(17)5-6-25(32)21-13-23-18(2)16-35-27(23)24(14-21)20-4-7-26(29-15-20)31-8-10-34-11-9-31/h4,7,12-15,18H,5-6,8-11,16H2,1-3H3,(H,30,33). The number of ether oxygens (including phenoxy) is 2. The summed E-state index contributed by atoms with van der Waals surface area (Å²) in [6.45, 7) is 9.56. The molecule has 1 saturated heterocycles. The number of morpholine rings is 1. The molecule has 7 heteroatoms. The summed E-state index contributed by atoms with van der Waals surface area (Å²) < 4.78 is 11.5. The van der Waals surface area contributed by atoms with E-state index in [4.69, 9.17) is 14.5 Å². The molecule has 3 aromatic rings. The summed E-state index contributed by atoms with van der Waals surface area (Å²) >= 11 is 0. The Morgan fingerprint density at radius 3 is 2.69 bits per heavy atom. The molecular formula is C28H31N3O4. The predicted octanol–water partition coefficient (Wildman–Crippen LogP) is 4.20. The van der Waals surface area contributed by atoms with Gasteiger partial charge in [0.25, 0.3) is 5.56 Å². The van der Waals surface area contributed by atoms with Crippen LogP contribution in [0.4, 0.5) is 5.82 Å². The maximum Gasteiger partial charge on any atom is 0.251 e. The molecule has 0 radical (unpaired) electrons. The van der Waals surface area contributed by atoms with E-state index in [-0.39, 0.29) is 23.7 Å². The van der Waals surface area contributed by atoms with Gasteiger partial charge in [-0.3, -0.25) is 9.59 Å². The Morgan fingerprint density at radius 2 is 1.97 bits per heavy atom. The molecule has 35 heavy (non-hydrogen) atoms. The van der Waals surface area contributed by atoms with Gasteiger partial charge in [-0.25, -0.2) is 4.98 Å². The quantitative estimate of drug-likeness (QED) is 0.540. The third kappa shape index (κ3) is 4.73. The molecule has 7 nitrogen and oxygen atoms in total. The zero-order valence-corrected chi connectivity index (χ0v) is 20.5. The van der Waals surface area contributed by atoms with Gasteiger partial charge < -0.3 is 19.4 Å². The number of aromatic amines is 1. The summed E-state index contributed by atoms with van der Waals surface area (Å²) in [5.74, 6) is 1.99. The molecule has 2 aliphatic heterocycles. The van der Waals surface area contributed by atoms with Gasteiger partial charge in [-0.2, -0.15) is 0 Å². The molecule has 1 atom stereocenters. The second-order valence-corrected chi connectivity index (χ2v) is 9.52. The van der Waals surface area contributed by atoms with E-state index in [2.05, 4.69) is 16.8 Å². The number of hydrogen-bond acceptors (Lipinski definition) is 6. The second-order valence-electron chi connectivity index (χ2n) is 9.52. The zero-order valence-electron chi connectivity index (χ0n) is 20.5. The smallest absolute Gasteiger partial charge is 0.251 e. The van der Waals surface area contributed by atoms with Gasteiger partial charge in [-0.15, -0.1) is 0 Å². The highest BCUT2D eigenvalue weighted by Crippen LogP contribution is 2.43. The lowest BCUT2D eigenvalue weighted by atomic mass is 9.92. The molecule has 1 fully saturated rings. The topological polar surface area (TPSA) is 84.5 Å². The number of nitrogens with one attached hydrogen (secondary N) is 1. The number of carbonyl (C=O) groups excluding carboxylic acids is 1. The number of ketones is 1. The van der Waals surface area contributed by atoms with Crippen molar-refractivity contribution in [1.29, 1.82) is 0 Å². The lowest BCUT2D eigenvalue weighted by molar-refractivity contribution is 0.0982. The molecule has 182 valence electrons. The molecule has 0 amide bonds. The number of rotatable bonds is 6. The van der Waals surface area contributed by atoms with Crippen LogP contribution in [0.5, 0.6) is 5.75 Å². The highest BCUT2D eigenvalue weighted by molar-refractivity contribution is 5.98. The molecule has 2 aromatic heterocycles. The fourth-order valence-electron chi connectivity index (χ4n) is 4.95. The summed E-state index contributed by atoms with van der Waals surface area (Å²) in [4.78, 5) is 35.4. The first kappa shape index (κ1) is 23.3. The Morgan fingerprint density at radius 1 is 1.17 bits per heavy atom. The van der Waals surface area contributed by atoms with Crippen LogP contribution in [0.2, 0.25) is 0 Å². The Balaban J connectivity index is 1.42. The van der Waals surface area contributed by atoms with Crippen molar-refractivity contribution in [2.75, 3.05) is 37.8 Å². The number of Topliss-reactive ketones (excluding diaryl/α,β-unsaturated/α-hetero) is 1. The van der Waals surface area contributed by atoms with Crippen LogP contribution in [0.15, 0.2) is 41.3 Å². The summed E-state index contributed by atoms with van der Waals surface area (Å²) in [7, 11) is 0. The first-order chi connectivity index (χ1) is 16.9. The van der Waals surface area contributed by atoms with E-state index < -0.39 is 0 Å². The van der Waals surface area contributed by atoms with E-state index in [1.165, 1.54) is 0 Å². The SMILES string of the molecule is Cc1cc(C)c(CCC(=O)c2cc(-c3ccc(N4CCOCC4)nc3)c3c(c2)C(C)CO3)c(=O)[nH]1. The monoisotopic (exact) mass is 473 g/mol. The van der Waals surface area contributed by atoms with Crippen molar-refractivity contribution in [3.63, 3.8) is 0 Å². The molecule has 1 N–H and O–H groups in total. The van der Waals surface area contributed by atoms with Crippen molar-refractivity contribution in [1.82, 2.24) is 9.97 Å². The highest BCUT2D eigenvalue weighted by atomic mass is 16.5. The molecule has 0 saturated carbocycles. The van der Waals surface area contributed by atoms with Gasteiger partial charge in [0.15, 0.2) is 5.78 Å². The summed E-state index contributed by atoms with van der Waals surface area (Å²) in [6.07, 6.45) is 2.54. The van der Waals surface area contributed by atoms with Gasteiger partial charge in [0.05, 0.1) is 19.8 Å².